The third kappa shape index (κ3) is 1.62. The predicted octanol–water partition coefficient (Wildman–Crippen LogP) is 2.32. The van der Waals surface area contributed by atoms with Crippen LogP contribution in [0.25, 0.3) is 0 Å². The molecule has 0 radical (unpaired) electrons. The van der Waals surface area contributed by atoms with Gasteiger partial charge in [0.2, 0.25) is 11.3 Å². The molecule has 2 aliphatic heterocycles. The molecule has 3 aliphatic rings. The molecule has 1 saturated carbocycles. The highest BCUT2D eigenvalue weighted by atomic mass is 16.5. The number of carbonyl (C=O) groups excluding carboxylic acids is 1. The first kappa shape index (κ1) is 15.6. The predicted molar refractivity (Wildman–Crippen MR) is 84.8 cm³/mol. The molecule has 25 heavy (non-hydrogen) atoms. The summed E-state index contributed by atoms with van der Waals surface area (Å²) < 4.78 is 6.32. The lowest BCUT2D eigenvalue weighted by molar-refractivity contribution is -0.227. The summed E-state index contributed by atoms with van der Waals surface area (Å²) in [5, 5.41) is 33.0. The van der Waals surface area contributed by atoms with Crippen molar-refractivity contribution in [2.75, 3.05) is 0 Å². The molecule has 1 aromatic carbocycles. The highest BCUT2D eigenvalue weighted by molar-refractivity contribution is 5.92. The van der Waals surface area contributed by atoms with Crippen molar-refractivity contribution in [1.82, 2.24) is 5.32 Å². The van der Waals surface area contributed by atoms with Crippen LogP contribution in [0.1, 0.15) is 37.4 Å². The van der Waals surface area contributed by atoms with Gasteiger partial charge in [0, 0.05) is 5.92 Å². The maximum absolute atomic E-state index is 13.0. The van der Waals surface area contributed by atoms with Crippen molar-refractivity contribution in [3.8, 4) is 18.2 Å². The van der Waals surface area contributed by atoms with Crippen LogP contribution in [0.2, 0.25) is 0 Å². The summed E-state index contributed by atoms with van der Waals surface area (Å²) in [6.45, 7) is 0. The van der Waals surface area contributed by atoms with Gasteiger partial charge in [0.25, 0.3) is 0 Å². The summed E-state index contributed by atoms with van der Waals surface area (Å²) >= 11 is 0. The van der Waals surface area contributed by atoms with Crippen molar-refractivity contribution in [1.29, 1.82) is 15.8 Å². The molecule has 6 heteroatoms. The number of nitriles is 3. The minimum absolute atomic E-state index is 0.495. The quantitative estimate of drug-likeness (QED) is 0.848. The molecule has 2 saturated heterocycles. The Morgan fingerprint density at radius 1 is 1.08 bits per heavy atom. The van der Waals surface area contributed by atoms with Gasteiger partial charge in [-0.3, -0.25) is 4.79 Å². The molecule has 0 spiro atoms. The average molecular weight is 332 g/mol. The topological polar surface area (TPSA) is 110 Å². The van der Waals surface area contributed by atoms with E-state index in [1.807, 2.05) is 18.2 Å². The standard InChI is InChI=1S/C19H16N4O2/c20-10-17(11-21)15(13-6-2-1-3-7-13)25-19-9-5-4-8-14(19)18(17,12-22)16(24)23-19/h1-3,6-7,14-15H,4-5,8-9H2,(H,23,24)/t14-,15-,18+,19-/m0/s1. The van der Waals surface area contributed by atoms with Gasteiger partial charge in [-0.2, -0.15) is 15.8 Å². The van der Waals surface area contributed by atoms with Gasteiger partial charge in [-0.25, -0.2) is 0 Å². The SMILES string of the molecule is N#CC1(C#N)[C@H](c2ccccc2)O[C@@]23CCCC[C@H]2[C@]1(C#N)C(=O)N3. The van der Waals surface area contributed by atoms with E-state index in [-0.39, 0.29) is 0 Å². The van der Waals surface area contributed by atoms with Gasteiger partial charge in [-0.15, -0.1) is 0 Å². The van der Waals surface area contributed by atoms with Gasteiger partial charge in [0.15, 0.2) is 5.41 Å². The van der Waals surface area contributed by atoms with E-state index in [0.717, 1.165) is 12.8 Å². The monoisotopic (exact) mass is 332 g/mol. The highest BCUT2D eigenvalue weighted by Gasteiger charge is 2.80. The summed E-state index contributed by atoms with van der Waals surface area (Å²) in [6.07, 6.45) is 1.92. The summed E-state index contributed by atoms with van der Waals surface area (Å²) in [7, 11) is 0. The van der Waals surface area contributed by atoms with E-state index in [9.17, 15) is 20.6 Å². The number of amides is 1. The number of rotatable bonds is 1. The number of hydrogen-bond donors (Lipinski definition) is 1. The van der Waals surface area contributed by atoms with Gasteiger partial charge in [-0.05, 0) is 24.8 Å². The molecule has 2 heterocycles. The molecule has 1 N–H and O–H groups in total. The summed E-state index contributed by atoms with van der Waals surface area (Å²) in [5.41, 5.74) is -3.96. The largest absolute Gasteiger partial charge is 0.345 e. The van der Waals surface area contributed by atoms with Gasteiger partial charge in [0.05, 0.1) is 18.2 Å². The van der Waals surface area contributed by atoms with Crippen LogP contribution in [0.3, 0.4) is 0 Å². The highest BCUT2D eigenvalue weighted by Crippen LogP contribution is 2.67. The van der Waals surface area contributed by atoms with Crippen LogP contribution in [-0.2, 0) is 9.53 Å². The average Bonchev–Trinajstić information content (AvgIpc) is 2.87. The van der Waals surface area contributed by atoms with Crippen molar-refractivity contribution in [2.45, 2.75) is 37.5 Å². The summed E-state index contributed by atoms with van der Waals surface area (Å²) in [6, 6.07) is 15.1. The third-order valence-electron chi connectivity index (χ3n) is 6.03. The van der Waals surface area contributed by atoms with E-state index >= 15 is 0 Å². The Labute approximate surface area is 145 Å². The Bertz CT molecular complexity index is 848. The number of nitrogens with zero attached hydrogens (tertiary/aromatic N) is 3. The van der Waals surface area contributed by atoms with Crippen LogP contribution in [0.5, 0.6) is 0 Å². The van der Waals surface area contributed by atoms with E-state index < -0.39 is 34.5 Å². The van der Waals surface area contributed by atoms with E-state index in [0.29, 0.717) is 18.4 Å². The van der Waals surface area contributed by atoms with Crippen molar-refractivity contribution in [2.24, 2.45) is 16.7 Å². The molecule has 1 aromatic rings. The van der Waals surface area contributed by atoms with E-state index in [1.165, 1.54) is 0 Å². The fourth-order valence-corrected chi connectivity index (χ4v) is 4.92. The molecule has 2 bridgehead atoms. The lowest BCUT2D eigenvalue weighted by Crippen LogP contribution is -2.61. The third-order valence-corrected chi connectivity index (χ3v) is 6.03. The van der Waals surface area contributed by atoms with Crippen LogP contribution in [0.15, 0.2) is 30.3 Å². The fraction of sp³-hybridized carbons (Fsp3) is 0.474. The summed E-state index contributed by atoms with van der Waals surface area (Å²) in [5.74, 6) is -1.05. The molecule has 1 amide bonds. The van der Waals surface area contributed by atoms with Crippen LogP contribution in [-0.4, -0.2) is 11.6 Å². The van der Waals surface area contributed by atoms with Gasteiger partial charge >= 0.3 is 0 Å². The number of carbonyl (C=O) groups is 1. The Kier molecular flexibility index (Phi) is 3.16. The minimum Gasteiger partial charge on any atom is -0.345 e. The first-order valence-electron chi connectivity index (χ1n) is 8.39. The molecule has 3 fully saturated rings. The lowest BCUT2D eigenvalue weighted by atomic mass is 9.51. The number of benzene rings is 1. The molecule has 124 valence electrons. The number of nitrogens with one attached hydrogen (secondary N) is 1. The molecule has 4 rings (SSSR count). The van der Waals surface area contributed by atoms with Gasteiger partial charge < -0.3 is 10.1 Å². The van der Waals surface area contributed by atoms with Crippen molar-refractivity contribution >= 4 is 5.91 Å². The molecule has 6 nitrogen and oxygen atoms in total. The summed E-state index contributed by atoms with van der Waals surface area (Å²) in [4.78, 5) is 13.0. The second-order valence-corrected chi connectivity index (χ2v) is 7.00. The second-order valence-electron chi connectivity index (χ2n) is 7.00. The van der Waals surface area contributed by atoms with Crippen molar-refractivity contribution in [3.63, 3.8) is 0 Å². The normalized spacial score (nSPS) is 37.7. The van der Waals surface area contributed by atoms with Gasteiger partial charge in [-0.1, -0.05) is 36.8 Å². The molecule has 1 aliphatic carbocycles. The van der Waals surface area contributed by atoms with Gasteiger partial charge in [0.1, 0.15) is 11.8 Å². The molecule has 0 aromatic heterocycles. The van der Waals surface area contributed by atoms with Crippen LogP contribution >= 0.6 is 0 Å². The second kappa shape index (κ2) is 5.06. The zero-order valence-corrected chi connectivity index (χ0v) is 13.5. The lowest BCUT2D eigenvalue weighted by Gasteiger charge is -2.52. The number of hydrogen-bond acceptors (Lipinski definition) is 5. The zero-order valence-electron chi connectivity index (χ0n) is 13.5. The Morgan fingerprint density at radius 3 is 2.44 bits per heavy atom. The molecular weight excluding hydrogens is 316 g/mol. The molecule has 4 atom stereocenters. The Morgan fingerprint density at radius 2 is 1.80 bits per heavy atom. The first-order chi connectivity index (χ1) is 12.1. The van der Waals surface area contributed by atoms with E-state index in [4.69, 9.17) is 4.74 Å². The van der Waals surface area contributed by atoms with E-state index in [1.54, 1.807) is 24.3 Å². The Balaban J connectivity index is 2.01. The molecular formula is C19H16N4O2. The molecule has 0 unspecified atom stereocenters. The maximum Gasteiger partial charge on any atom is 0.246 e. The maximum atomic E-state index is 13.0. The van der Waals surface area contributed by atoms with Crippen LogP contribution in [0, 0.1) is 50.7 Å². The van der Waals surface area contributed by atoms with Crippen LogP contribution in [0.4, 0.5) is 0 Å². The minimum atomic E-state index is -1.89. The Hall–Kier alpha value is -2.88. The first-order valence-corrected chi connectivity index (χ1v) is 8.39. The fourth-order valence-electron chi connectivity index (χ4n) is 4.92. The number of ether oxygens (including phenoxy) is 1. The smallest absolute Gasteiger partial charge is 0.246 e. The van der Waals surface area contributed by atoms with E-state index in [2.05, 4.69) is 11.4 Å². The van der Waals surface area contributed by atoms with Crippen molar-refractivity contribution < 1.29 is 9.53 Å². The van der Waals surface area contributed by atoms with Crippen molar-refractivity contribution in [3.05, 3.63) is 35.9 Å². The zero-order chi connectivity index (χ0) is 17.7. The van der Waals surface area contributed by atoms with Crippen LogP contribution < -0.4 is 5.32 Å².